The van der Waals surface area contributed by atoms with Crippen LogP contribution in [-0.2, 0) is 14.1 Å². The van der Waals surface area contributed by atoms with E-state index in [9.17, 15) is 4.79 Å². The summed E-state index contributed by atoms with van der Waals surface area (Å²) in [6, 6.07) is 10.3. The number of amides is 1. The van der Waals surface area contributed by atoms with E-state index < -0.39 is 0 Å². The van der Waals surface area contributed by atoms with Gasteiger partial charge in [0.2, 0.25) is 0 Å². The van der Waals surface area contributed by atoms with Crippen LogP contribution in [0.25, 0.3) is 22.1 Å². The molecule has 1 aliphatic carbocycles. The predicted octanol–water partition coefficient (Wildman–Crippen LogP) is 4.06. The number of aromatic nitrogens is 5. The van der Waals surface area contributed by atoms with Crippen LogP contribution in [0.1, 0.15) is 65.1 Å². The summed E-state index contributed by atoms with van der Waals surface area (Å²) in [6.07, 6.45) is 4.34. The molecule has 4 aromatic rings. The normalized spacial score (nSPS) is 19.2. The second kappa shape index (κ2) is 7.15. The second-order valence-corrected chi connectivity index (χ2v) is 9.38. The van der Waals surface area contributed by atoms with E-state index in [0.717, 1.165) is 77.1 Å². The van der Waals surface area contributed by atoms with Gasteiger partial charge in [0.15, 0.2) is 5.65 Å². The van der Waals surface area contributed by atoms with Crippen LogP contribution < -0.4 is 0 Å². The Bertz CT molecular complexity index is 1360. The second-order valence-electron chi connectivity index (χ2n) is 9.38. The number of imidazole rings is 1. The molecule has 0 spiro atoms. The third kappa shape index (κ3) is 3.02. The summed E-state index contributed by atoms with van der Waals surface area (Å²) in [7, 11) is 3.99. The molecule has 1 amide bonds. The average Bonchev–Trinajstić information content (AvgIpc) is 3.56. The van der Waals surface area contributed by atoms with Crippen LogP contribution >= 0.6 is 0 Å². The van der Waals surface area contributed by atoms with E-state index in [2.05, 4.69) is 28.8 Å². The Hall–Kier alpha value is -3.22. The third-order valence-corrected chi connectivity index (χ3v) is 7.11. The van der Waals surface area contributed by atoms with Gasteiger partial charge in [-0.15, -0.1) is 0 Å². The molecule has 4 heterocycles. The van der Waals surface area contributed by atoms with Gasteiger partial charge >= 0.3 is 0 Å². The van der Waals surface area contributed by atoms with Gasteiger partial charge in [0, 0.05) is 44.7 Å². The van der Waals surface area contributed by atoms with Crippen LogP contribution in [0, 0.1) is 6.92 Å². The summed E-state index contributed by atoms with van der Waals surface area (Å²) in [5.74, 6) is 1.88. The van der Waals surface area contributed by atoms with Crippen molar-refractivity contribution in [2.75, 3.05) is 13.1 Å². The van der Waals surface area contributed by atoms with Crippen molar-refractivity contribution in [2.24, 2.45) is 14.1 Å². The van der Waals surface area contributed by atoms with E-state index in [0.29, 0.717) is 12.5 Å². The summed E-state index contributed by atoms with van der Waals surface area (Å²) >= 11 is 0. The third-order valence-electron chi connectivity index (χ3n) is 7.11. The van der Waals surface area contributed by atoms with Crippen LogP contribution in [0.5, 0.6) is 0 Å². The molecule has 7 heteroatoms. The molecule has 2 aliphatic rings. The summed E-state index contributed by atoms with van der Waals surface area (Å²) in [5.41, 5.74) is 5.64. The Balaban J connectivity index is 1.37. The zero-order chi connectivity index (χ0) is 22.0. The summed E-state index contributed by atoms with van der Waals surface area (Å²) in [5, 5.41) is 5.46. The SMILES string of the molecule is Cc1nn(C)c2nc(C3CC3)cc(C(=O)N3CCCC(c4nc5ccccc5n4C)C3)c12. The number of aryl methyl sites for hydroxylation is 3. The Morgan fingerprint density at radius 2 is 1.88 bits per heavy atom. The minimum atomic E-state index is 0.0962. The number of para-hydroxylation sites is 2. The molecule has 0 bridgehead atoms. The van der Waals surface area contributed by atoms with Crippen LogP contribution in [0.4, 0.5) is 0 Å². The minimum absolute atomic E-state index is 0.0962. The first-order valence-electron chi connectivity index (χ1n) is 11.6. The van der Waals surface area contributed by atoms with E-state index in [1.54, 1.807) is 0 Å². The quantitative estimate of drug-likeness (QED) is 0.493. The maximum atomic E-state index is 13.8. The van der Waals surface area contributed by atoms with Crippen molar-refractivity contribution in [3.05, 3.63) is 53.1 Å². The number of hydrogen-bond donors (Lipinski definition) is 0. The molecule has 1 aliphatic heterocycles. The van der Waals surface area contributed by atoms with Gasteiger partial charge in [-0.25, -0.2) is 9.97 Å². The number of pyridine rings is 1. The molecule has 0 N–H and O–H groups in total. The monoisotopic (exact) mass is 428 g/mol. The van der Waals surface area contributed by atoms with E-state index in [-0.39, 0.29) is 11.8 Å². The fraction of sp³-hybridized carbons (Fsp3) is 0.440. The molecule has 0 radical (unpaired) electrons. The van der Waals surface area contributed by atoms with Crippen LogP contribution in [-0.4, -0.2) is 48.2 Å². The molecule has 1 aromatic carbocycles. The Labute approximate surface area is 187 Å². The molecular weight excluding hydrogens is 400 g/mol. The molecule has 164 valence electrons. The minimum Gasteiger partial charge on any atom is -0.338 e. The maximum Gasteiger partial charge on any atom is 0.254 e. The zero-order valence-corrected chi connectivity index (χ0v) is 18.9. The number of nitrogens with zero attached hydrogens (tertiary/aromatic N) is 6. The molecule has 1 atom stereocenters. The van der Waals surface area contributed by atoms with Gasteiger partial charge in [-0.3, -0.25) is 9.48 Å². The summed E-state index contributed by atoms with van der Waals surface area (Å²) < 4.78 is 4.00. The van der Waals surface area contributed by atoms with Gasteiger partial charge in [-0.05, 0) is 50.8 Å². The van der Waals surface area contributed by atoms with E-state index >= 15 is 0 Å². The molecule has 2 fully saturated rings. The van der Waals surface area contributed by atoms with Gasteiger partial charge in [0.25, 0.3) is 5.91 Å². The highest BCUT2D eigenvalue weighted by atomic mass is 16.2. The number of rotatable bonds is 3. The number of likely N-dealkylation sites (tertiary alicyclic amines) is 1. The summed E-state index contributed by atoms with van der Waals surface area (Å²) in [6.45, 7) is 3.44. The van der Waals surface area contributed by atoms with Gasteiger partial charge in [0.05, 0.1) is 27.7 Å². The van der Waals surface area contributed by atoms with Crippen LogP contribution in [0.2, 0.25) is 0 Å². The van der Waals surface area contributed by atoms with Gasteiger partial charge < -0.3 is 9.47 Å². The standard InChI is InChI=1S/C25H28N6O/c1-15-22-18(13-20(16-10-11-16)27-24(22)30(3)28-15)25(32)31-12-6-7-17(14-31)23-26-19-8-4-5-9-21(19)29(23)2/h4-5,8-9,13,16-17H,6-7,10-12,14H2,1-3H3. The van der Waals surface area contributed by atoms with Crippen molar-refractivity contribution in [3.63, 3.8) is 0 Å². The number of benzene rings is 1. The highest BCUT2D eigenvalue weighted by Gasteiger charge is 2.32. The Morgan fingerprint density at radius 3 is 2.66 bits per heavy atom. The molecule has 1 saturated carbocycles. The lowest BCUT2D eigenvalue weighted by Gasteiger charge is -2.32. The number of carbonyl (C=O) groups excluding carboxylic acids is 1. The van der Waals surface area contributed by atoms with Crippen molar-refractivity contribution in [3.8, 4) is 0 Å². The molecule has 1 unspecified atom stereocenters. The number of fused-ring (bicyclic) bond motifs is 2. The molecule has 6 rings (SSSR count). The highest BCUT2D eigenvalue weighted by molar-refractivity contribution is 6.06. The zero-order valence-electron chi connectivity index (χ0n) is 18.9. The average molecular weight is 429 g/mol. The van der Waals surface area contributed by atoms with Crippen molar-refractivity contribution >= 4 is 28.0 Å². The number of carbonyl (C=O) groups is 1. The van der Waals surface area contributed by atoms with Crippen molar-refractivity contribution in [1.29, 1.82) is 0 Å². The molecule has 7 nitrogen and oxygen atoms in total. The molecular formula is C25H28N6O. The first kappa shape index (κ1) is 19.5. The van der Waals surface area contributed by atoms with Crippen molar-refractivity contribution < 1.29 is 4.79 Å². The lowest BCUT2D eigenvalue weighted by molar-refractivity contribution is 0.0705. The molecule has 1 saturated heterocycles. The van der Waals surface area contributed by atoms with Crippen LogP contribution in [0.3, 0.4) is 0 Å². The lowest BCUT2D eigenvalue weighted by Crippen LogP contribution is -2.39. The number of piperidine rings is 1. The van der Waals surface area contributed by atoms with Crippen molar-refractivity contribution in [2.45, 2.75) is 44.4 Å². The van der Waals surface area contributed by atoms with E-state index in [1.807, 2.05) is 41.8 Å². The van der Waals surface area contributed by atoms with E-state index in [4.69, 9.17) is 9.97 Å². The fourth-order valence-corrected chi connectivity index (χ4v) is 5.29. The first-order chi connectivity index (χ1) is 15.5. The van der Waals surface area contributed by atoms with Crippen LogP contribution in [0.15, 0.2) is 30.3 Å². The van der Waals surface area contributed by atoms with Gasteiger partial charge in [-0.1, -0.05) is 12.1 Å². The Kier molecular flexibility index (Phi) is 4.35. The smallest absolute Gasteiger partial charge is 0.254 e. The molecule has 3 aromatic heterocycles. The van der Waals surface area contributed by atoms with Gasteiger partial charge in [-0.2, -0.15) is 5.10 Å². The lowest BCUT2D eigenvalue weighted by atomic mass is 9.96. The highest BCUT2D eigenvalue weighted by Crippen LogP contribution is 2.41. The Morgan fingerprint density at radius 1 is 1.06 bits per heavy atom. The first-order valence-corrected chi connectivity index (χ1v) is 11.6. The topological polar surface area (TPSA) is 68.8 Å². The van der Waals surface area contributed by atoms with Crippen molar-refractivity contribution in [1.82, 2.24) is 29.2 Å². The van der Waals surface area contributed by atoms with Gasteiger partial charge in [0.1, 0.15) is 5.82 Å². The predicted molar refractivity (Wildman–Crippen MR) is 124 cm³/mol. The maximum absolute atomic E-state index is 13.8. The fourth-order valence-electron chi connectivity index (χ4n) is 5.29. The molecule has 32 heavy (non-hydrogen) atoms. The number of hydrogen-bond acceptors (Lipinski definition) is 4. The summed E-state index contributed by atoms with van der Waals surface area (Å²) in [4.78, 5) is 25.6. The largest absolute Gasteiger partial charge is 0.338 e. The van der Waals surface area contributed by atoms with E-state index in [1.165, 1.54) is 0 Å².